The van der Waals surface area contributed by atoms with E-state index < -0.39 is 0 Å². The first-order valence-electron chi connectivity index (χ1n) is 5.75. The first-order valence-corrected chi connectivity index (χ1v) is 5.75. The number of ketones is 1. The van der Waals surface area contributed by atoms with E-state index in [2.05, 4.69) is 18.5 Å². The van der Waals surface area contributed by atoms with Crippen LogP contribution in [0.25, 0.3) is 0 Å². The van der Waals surface area contributed by atoms with Gasteiger partial charge in [-0.3, -0.25) is 9.79 Å². The summed E-state index contributed by atoms with van der Waals surface area (Å²) in [5, 5.41) is 9.38. The first kappa shape index (κ1) is 13.5. The number of carbonyl (C=O) groups excluding carboxylic acids is 1. The molecule has 0 amide bonds. The van der Waals surface area contributed by atoms with Gasteiger partial charge < -0.3 is 10.8 Å². The number of hydrogen-bond donors (Lipinski definition) is 2. The molecule has 17 heavy (non-hydrogen) atoms. The average molecular weight is 236 g/mol. The van der Waals surface area contributed by atoms with Gasteiger partial charge in [-0.15, -0.1) is 0 Å². The maximum atomic E-state index is 11.0. The predicted octanol–water partition coefficient (Wildman–Crippen LogP) is 1.98. The highest BCUT2D eigenvalue weighted by atomic mass is 16.3. The van der Waals surface area contributed by atoms with E-state index in [4.69, 9.17) is 5.73 Å². The zero-order valence-corrected chi connectivity index (χ0v) is 10.7. The van der Waals surface area contributed by atoms with Crippen LogP contribution in [0.15, 0.2) is 28.6 Å². The van der Waals surface area contributed by atoms with Crippen LogP contribution in [0.4, 0.5) is 0 Å². The van der Waals surface area contributed by atoms with Crippen molar-refractivity contribution in [2.24, 2.45) is 22.6 Å². The minimum Gasteiger partial charge on any atom is -0.506 e. The number of aliphatic hydroxyl groups excluding tert-OH is 1. The summed E-state index contributed by atoms with van der Waals surface area (Å²) < 4.78 is 0. The molecule has 3 N–H and O–H groups in total. The van der Waals surface area contributed by atoms with Crippen molar-refractivity contribution >= 4 is 11.5 Å². The molecule has 0 bridgehead atoms. The number of rotatable bonds is 3. The number of Topliss-reactive ketones (excluding diaryl/α,β-unsaturated/α-hetero) is 1. The van der Waals surface area contributed by atoms with Gasteiger partial charge in [0.2, 0.25) is 0 Å². The zero-order valence-electron chi connectivity index (χ0n) is 10.7. The molecule has 0 aliphatic heterocycles. The minimum atomic E-state index is -0.128. The molecule has 1 rings (SSSR count). The standard InChI is InChI=1S/C13H20N2O2/c1-7-5-11(15-6-8(2)16)12(9(7)3)13(14)10(4)17/h7,9,17H,4-6,14H2,1-3H3/b13-12-,15-11?. The molecule has 1 fully saturated rings. The molecule has 0 aromatic heterocycles. The summed E-state index contributed by atoms with van der Waals surface area (Å²) in [6.45, 7) is 9.27. The Balaban J connectivity index is 3.13. The number of nitrogens with two attached hydrogens (primary N) is 1. The van der Waals surface area contributed by atoms with Gasteiger partial charge in [0.05, 0.1) is 12.2 Å². The normalized spacial score (nSPS) is 29.5. The second kappa shape index (κ2) is 5.17. The lowest BCUT2D eigenvalue weighted by molar-refractivity contribution is -0.115. The Morgan fingerprint density at radius 3 is 2.65 bits per heavy atom. The Kier molecular flexibility index (Phi) is 4.10. The molecular formula is C13H20N2O2. The van der Waals surface area contributed by atoms with E-state index in [9.17, 15) is 9.90 Å². The molecule has 94 valence electrons. The molecule has 0 radical (unpaired) electrons. The fourth-order valence-electron chi connectivity index (χ4n) is 2.05. The quantitative estimate of drug-likeness (QED) is 0.736. The van der Waals surface area contributed by atoms with E-state index in [0.29, 0.717) is 11.6 Å². The van der Waals surface area contributed by atoms with Crippen molar-refractivity contribution in [2.75, 3.05) is 6.54 Å². The van der Waals surface area contributed by atoms with Crippen LogP contribution in [-0.4, -0.2) is 23.1 Å². The second-order valence-corrected chi connectivity index (χ2v) is 4.71. The van der Waals surface area contributed by atoms with E-state index in [1.165, 1.54) is 6.92 Å². The summed E-state index contributed by atoms with van der Waals surface area (Å²) in [5.41, 5.74) is 7.80. The van der Waals surface area contributed by atoms with Crippen molar-refractivity contribution in [1.29, 1.82) is 0 Å². The van der Waals surface area contributed by atoms with Crippen LogP contribution < -0.4 is 5.73 Å². The van der Waals surface area contributed by atoms with Gasteiger partial charge in [-0.2, -0.15) is 0 Å². The van der Waals surface area contributed by atoms with Crippen LogP contribution >= 0.6 is 0 Å². The summed E-state index contributed by atoms with van der Waals surface area (Å²) >= 11 is 0. The highest BCUT2D eigenvalue weighted by Crippen LogP contribution is 2.36. The van der Waals surface area contributed by atoms with Gasteiger partial charge in [0, 0.05) is 11.3 Å². The molecule has 2 unspecified atom stereocenters. The zero-order chi connectivity index (χ0) is 13.2. The Morgan fingerprint density at radius 2 is 2.18 bits per heavy atom. The van der Waals surface area contributed by atoms with Gasteiger partial charge >= 0.3 is 0 Å². The highest BCUT2D eigenvalue weighted by molar-refractivity contribution is 6.04. The summed E-state index contributed by atoms with van der Waals surface area (Å²) in [4.78, 5) is 15.2. The lowest BCUT2D eigenvalue weighted by atomic mass is 9.95. The van der Waals surface area contributed by atoms with E-state index in [1.54, 1.807) is 0 Å². The largest absolute Gasteiger partial charge is 0.506 e. The van der Waals surface area contributed by atoms with Gasteiger partial charge in [-0.25, -0.2) is 0 Å². The highest BCUT2D eigenvalue weighted by Gasteiger charge is 2.32. The predicted molar refractivity (Wildman–Crippen MR) is 68.9 cm³/mol. The summed E-state index contributed by atoms with van der Waals surface area (Å²) in [6, 6.07) is 0. The maximum absolute atomic E-state index is 11.0. The van der Waals surface area contributed by atoms with E-state index in [0.717, 1.165) is 17.7 Å². The molecule has 1 aliphatic carbocycles. The molecule has 0 aromatic carbocycles. The lowest BCUT2D eigenvalue weighted by Crippen LogP contribution is -2.13. The van der Waals surface area contributed by atoms with Gasteiger partial charge in [-0.1, -0.05) is 20.4 Å². The topological polar surface area (TPSA) is 75.7 Å². The van der Waals surface area contributed by atoms with Crippen LogP contribution in [0.2, 0.25) is 0 Å². The van der Waals surface area contributed by atoms with E-state index in [-0.39, 0.29) is 24.0 Å². The molecule has 1 saturated carbocycles. The van der Waals surface area contributed by atoms with E-state index in [1.807, 2.05) is 6.92 Å². The summed E-state index contributed by atoms with van der Waals surface area (Å²) in [6.07, 6.45) is 0.789. The molecule has 0 heterocycles. The third-order valence-corrected chi connectivity index (χ3v) is 3.23. The molecular weight excluding hydrogens is 216 g/mol. The van der Waals surface area contributed by atoms with Gasteiger partial charge in [0.15, 0.2) is 5.78 Å². The SMILES string of the molecule is C=C(O)/C(N)=C1/C(=NCC(C)=O)CC(C)C1C. The van der Waals surface area contributed by atoms with Crippen molar-refractivity contribution in [1.82, 2.24) is 0 Å². The lowest BCUT2D eigenvalue weighted by Gasteiger charge is -2.12. The smallest absolute Gasteiger partial charge is 0.151 e. The number of hydrogen-bond acceptors (Lipinski definition) is 4. The molecule has 4 nitrogen and oxygen atoms in total. The van der Waals surface area contributed by atoms with Crippen molar-refractivity contribution in [2.45, 2.75) is 27.2 Å². The van der Waals surface area contributed by atoms with Crippen LogP contribution in [0.5, 0.6) is 0 Å². The summed E-state index contributed by atoms with van der Waals surface area (Å²) in [7, 11) is 0. The third-order valence-electron chi connectivity index (χ3n) is 3.23. The monoisotopic (exact) mass is 236 g/mol. The van der Waals surface area contributed by atoms with Crippen LogP contribution in [0.1, 0.15) is 27.2 Å². The van der Waals surface area contributed by atoms with Gasteiger partial charge in [0.25, 0.3) is 0 Å². The molecule has 2 atom stereocenters. The number of allylic oxidation sites excluding steroid dienone is 1. The molecule has 0 aromatic rings. The Hall–Kier alpha value is -1.58. The molecule has 0 saturated heterocycles. The number of aliphatic imine (C=N–C) groups is 1. The Morgan fingerprint density at radius 1 is 1.59 bits per heavy atom. The van der Waals surface area contributed by atoms with Crippen molar-refractivity contribution in [3.63, 3.8) is 0 Å². The number of nitrogens with zero attached hydrogens (tertiary/aromatic N) is 1. The second-order valence-electron chi connectivity index (χ2n) is 4.71. The average Bonchev–Trinajstić information content (AvgIpc) is 2.51. The van der Waals surface area contributed by atoms with Crippen LogP contribution in [0.3, 0.4) is 0 Å². The molecule has 0 spiro atoms. The van der Waals surface area contributed by atoms with Crippen LogP contribution in [0, 0.1) is 11.8 Å². The minimum absolute atomic E-state index is 0.0189. The Labute approximate surface area is 102 Å². The van der Waals surface area contributed by atoms with Crippen LogP contribution in [-0.2, 0) is 4.79 Å². The van der Waals surface area contributed by atoms with Gasteiger partial charge in [-0.05, 0) is 25.2 Å². The maximum Gasteiger partial charge on any atom is 0.151 e. The number of aliphatic hydroxyl groups is 1. The first-order chi connectivity index (χ1) is 7.84. The molecule has 4 heteroatoms. The fraction of sp³-hybridized carbons (Fsp3) is 0.538. The van der Waals surface area contributed by atoms with Crippen molar-refractivity contribution < 1.29 is 9.90 Å². The van der Waals surface area contributed by atoms with Gasteiger partial charge in [0.1, 0.15) is 5.76 Å². The number of carbonyl (C=O) groups is 1. The van der Waals surface area contributed by atoms with Crippen molar-refractivity contribution in [3.8, 4) is 0 Å². The Bertz CT molecular complexity index is 408. The van der Waals surface area contributed by atoms with Crippen molar-refractivity contribution in [3.05, 3.63) is 23.6 Å². The van der Waals surface area contributed by atoms with E-state index >= 15 is 0 Å². The third kappa shape index (κ3) is 2.96. The molecule has 1 aliphatic rings. The summed E-state index contributed by atoms with van der Waals surface area (Å²) in [5.74, 6) is 0.528. The fourth-order valence-corrected chi connectivity index (χ4v) is 2.05.